The van der Waals surface area contributed by atoms with Crippen molar-refractivity contribution in [1.82, 2.24) is 0 Å². The Morgan fingerprint density at radius 3 is 0.398 bits per heavy atom. The Hall–Kier alpha value is -15.8. The van der Waals surface area contributed by atoms with Crippen molar-refractivity contribution >= 4 is 114 Å². The number of nitriles is 8. The van der Waals surface area contributed by atoms with Gasteiger partial charge >= 0.3 is 0 Å². The van der Waals surface area contributed by atoms with Crippen LogP contribution in [0.2, 0.25) is 0 Å². The molecule has 0 atom stereocenters. The van der Waals surface area contributed by atoms with E-state index in [-0.39, 0.29) is 0 Å². The number of nitrogens with zero attached hydrogens (tertiary/aromatic N) is 20. The van der Waals surface area contributed by atoms with Crippen molar-refractivity contribution in [3.63, 3.8) is 0 Å². The van der Waals surface area contributed by atoms with Gasteiger partial charge in [-0.1, -0.05) is 24.3 Å². The maximum absolute atomic E-state index is 11.8. The molecule has 14 rings (SSSR count). The molecule has 0 saturated heterocycles. The highest BCUT2D eigenvalue weighted by molar-refractivity contribution is 6.02. The summed E-state index contributed by atoms with van der Waals surface area (Å²) < 4.78 is 0. The van der Waals surface area contributed by atoms with Crippen LogP contribution in [0.25, 0.3) is 22.3 Å². The van der Waals surface area contributed by atoms with Gasteiger partial charge in [0.2, 0.25) is 0 Å². The first-order valence-electron chi connectivity index (χ1n) is 47.0. The number of rotatable bonds is 36. The fourth-order valence-electron chi connectivity index (χ4n) is 20.1. The minimum absolute atomic E-state index is 0.367. The first-order chi connectivity index (χ1) is 64.9. The molecule has 0 amide bonds. The van der Waals surface area contributed by atoms with Gasteiger partial charge in [0, 0.05) is 173 Å². The minimum Gasteiger partial charge on any atom is -0.372 e. The topological polar surface area (TPSA) is 229 Å². The molecule has 12 aromatic carbocycles. The molecule has 133 heavy (non-hydrogen) atoms. The molecule has 2 aliphatic carbocycles. The molecular weight excluding hydrogens is 1640 g/mol. The van der Waals surface area contributed by atoms with Crippen molar-refractivity contribution < 1.29 is 0 Å². The van der Waals surface area contributed by atoms with Crippen molar-refractivity contribution in [3.8, 4) is 70.8 Å². The highest BCUT2D eigenvalue weighted by atomic mass is 15.2. The smallest absolute Gasteiger partial charge is 0.101 e. The van der Waals surface area contributed by atoms with E-state index in [0.717, 1.165) is 90.0 Å². The van der Waals surface area contributed by atoms with Crippen LogP contribution >= 0.6 is 0 Å². The predicted octanol–water partition coefficient (Wildman–Crippen LogP) is 25.7. The summed E-state index contributed by atoms with van der Waals surface area (Å²) in [6.07, 6.45) is 0. The SMILES string of the molecule is CCN(CC)c1ccc(N(c2ccc3c(c2)C2(c4cc(N(c5ccc(N(CC)CC)cc5C#N)c5ccc(N(CC)CC)cc5C#N)ccc4-3)c3cc(N(c4ccc(N(CC)CC)cc4C#N)c4ccc(N(CC)CC)cc4C#N)ccc3-c3ccc(N(c4ccc(N(CC)CC)cc4C#N)c4ccc(N(CC)CC)cc4C#N)cc32)c2ccc(N(CC)CC)cc2C#N)c(C#N)c1. The van der Waals surface area contributed by atoms with Crippen LogP contribution in [-0.4, -0.2) is 105 Å². The Bertz CT molecular complexity index is 5630. The lowest BCUT2D eigenvalue weighted by Crippen LogP contribution is -2.28. The summed E-state index contributed by atoms with van der Waals surface area (Å²) in [7, 11) is 0. The summed E-state index contributed by atoms with van der Waals surface area (Å²) in [5.74, 6) is 0. The molecular formula is C113H116N20. The van der Waals surface area contributed by atoms with Crippen molar-refractivity contribution in [3.05, 3.63) is 285 Å². The number of hydrogen-bond acceptors (Lipinski definition) is 20. The summed E-state index contributed by atoms with van der Waals surface area (Å²) in [6, 6.07) is 94.7. The standard InChI is InChI=1S/C113H116N20/c1-17-122(18-2)85-37-49-105(77(57-85)69-114)130(106-50-38-86(58-78(106)70-115)123(19-3)20-4)93-33-45-97-98-46-34-94(131(107-51-39-87(59-79(107)71-116)124(21-5)22-6)108-52-40-88(60-80(108)72-117)125(23-7)24-8)66-102(98)113(101(97)65-93)103-67-95(132(109-53-41-89(61-81(109)73-118)126(25-9)26-10)110-54-42-90(62-82(110)74-119)127(27-11)28-12)35-47-99(103)100-48-36-96(68-104(100)113)133(111-55-43-91(63-83(111)75-120)128(29-13)30-14)112-56-44-92(64-84(112)76-121)129(31-15)32-16/h33-68H,17-32H2,1-16H3. The molecule has 0 fully saturated rings. The zero-order chi connectivity index (χ0) is 94.6. The Balaban J connectivity index is 1.21. The Morgan fingerprint density at radius 1 is 0.165 bits per heavy atom. The highest BCUT2D eigenvalue weighted by Crippen LogP contribution is 2.66. The van der Waals surface area contributed by atoms with Gasteiger partial charge in [-0.05, 0) is 349 Å². The van der Waals surface area contributed by atoms with Crippen molar-refractivity contribution in [2.75, 3.05) is 164 Å². The Morgan fingerprint density at radius 2 is 0.286 bits per heavy atom. The van der Waals surface area contributed by atoms with Gasteiger partial charge in [0.15, 0.2) is 0 Å². The lowest BCUT2D eigenvalue weighted by atomic mass is 9.70. The fourth-order valence-corrected chi connectivity index (χ4v) is 20.1. The van der Waals surface area contributed by atoms with Gasteiger partial charge in [-0.3, -0.25) is 0 Å². The third-order valence-electron chi connectivity index (χ3n) is 27.0. The quantitative estimate of drug-likeness (QED) is 0.0355. The normalized spacial score (nSPS) is 11.5. The van der Waals surface area contributed by atoms with E-state index in [1.165, 1.54) is 0 Å². The molecule has 12 aromatic rings. The zero-order valence-electron chi connectivity index (χ0n) is 79.5. The first-order valence-corrected chi connectivity index (χ1v) is 47.0. The largest absolute Gasteiger partial charge is 0.372 e. The van der Waals surface area contributed by atoms with E-state index in [1.807, 2.05) is 146 Å². The van der Waals surface area contributed by atoms with Crippen LogP contribution in [0.1, 0.15) is 178 Å². The van der Waals surface area contributed by atoms with E-state index < -0.39 is 5.41 Å². The summed E-state index contributed by atoms with van der Waals surface area (Å²) in [5.41, 5.74) is 21.4. The van der Waals surface area contributed by atoms with E-state index >= 15 is 0 Å². The zero-order valence-corrected chi connectivity index (χ0v) is 79.5. The third kappa shape index (κ3) is 16.8. The average molecular weight is 1750 g/mol. The lowest BCUT2D eigenvalue weighted by Gasteiger charge is -2.36. The second-order valence-corrected chi connectivity index (χ2v) is 32.9. The maximum atomic E-state index is 11.8. The van der Waals surface area contributed by atoms with Crippen LogP contribution < -0.4 is 58.8 Å². The molecule has 0 unspecified atom stereocenters. The van der Waals surface area contributed by atoms with Crippen LogP contribution in [0.5, 0.6) is 0 Å². The summed E-state index contributed by atoms with van der Waals surface area (Å²) in [5, 5.41) is 94.8. The van der Waals surface area contributed by atoms with Gasteiger partial charge < -0.3 is 58.8 Å². The Kier molecular flexibility index (Phi) is 28.7. The maximum Gasteiger partial charge on any atom is 0.101 e. The van der Waals surface area contributed by atoms with Crippen molar-refractivity contribution in [2.45, 2.75) is 116 Å². The minimum atomic E-state index is -1.53. The van der Waals surface area contributed by atoms with Gasteiger partial charge in [0.25, 0.3) is 0 Å². The van der Waals surface area contributed by atoms with E-state index in [4.69, 9.17) is 0 Å². The number of anilines is 20. The summed E-state index contributed by atoms with van der Waals surface area (Å²) >= 11 is 0. The van der Waals surface area contributed by atoms with Crippen LogP contribution in [0.15, 0.2) is 218 Å². The van der Waals surface area contributed by atoms with Gasteiger partial charge in [-0.25, -0.2) is 0 Å². The molecule has 1 spiro atoms. The number of hydrogen-bond donors (Lipinski definition) is 0. The van der Waals surface area contributed by atoms with E-state index in [2.05, 4.69) is 291 Å². The van der Waals surface area contributed by atoms with Gasteiger partial charge in [0.1, 0.15) is 48.6 Å². The van der Waals surface area contributed by atoms with Gasteiger partial charge in [-0.15, -0.1) is 0 Å². The molecule has 668 valence electrons. The molecule has 0 heterocycles. The van der Waals surface area contributed by atoms with E-state index in [1.54, 1.807) is 0 Å². The van der Waals surface area contributed by atoms with E-state index in [9.17, 15) is 42.1 Å². The molecule has 20 heteroatoms. The molecule has 0 aromatic heterocycles. The van der Waals surface area contributed by atoms with Gasteiger partial charge in [-0.2, -0.15) is 42.1 Å². The highest BCUT2D eigenvalue weighted by Gasteiger charge is 2.53. The molecule has 0 bridgehead atoms. The van der Waals surface area contributed by atoms with Crippen molar-refractivity contribution in [2.24, 2.45) is 0 Å². The molecule has 2 aliphatic rings. The molecule has 0 N–H and O–H groups in total. The summed E-state index contributed by atoms with van der Waals surface area (Å²) in [6.45, 7) is 44.5. The lowest BCUT2D eigenvalue weighted by molar-refractivity contribution is 0.793. The first kappa shape index (κ1) is 93.3. The van der Waals surface area contributed by atoms with Crippen LogP contribution in [-0.2, 0) is 5.41 Å². The fraction of sp³-hybridized carbons (Fsp3) is 0.292. The molecule has 0 aliphatic heterocycles. The summed E-state index contributed by atoms with van der Waals surface area (Å²) in [4.78, 5) is 25.9. The van der Waals surface area contributed by atoms with E-state index in [0.29, 0.717) is 217 Å². The number of fused-ring (bicyclic) bond motifs is 10. The van der Waals surface area contributed by atoms with Gasteiger partial charge in [0.05, 0.1) is 95.4 Å². The molecule has 0 saturated carbocycles. The monoisotopic (exact) mass is 1750 g/mol. The second kappa shape index (κ2) is 40.9. The second-order valence-electron chi connectivity index (χ2n) is 32.9. The Labute approximate surface area is 786 Å². The number of benzene rings is 12. The molecule has 0 radical (unpaired) electrons. The van der Waals surface area contributed by atoms with Crippen molar-refractivity contribution in [1.29, 1.82) is 42.1 Å². The van der Waals surface area contributed by atoms with Crippen LogP contribution in [0.3, 0.4) is 0 Å². The average Bonchev–Trinajstić information content (AvgIpc) is 1.50. The predicted molar refractivity (Wildman–Crippen MR) is 548 cm³/mol. The third-order valence-corrected chi connectivity index (χ3v) is 27.0. The van der Waals surface area contributed by atoms with Crippen LogP contribution in [0.4, 0.5) is 114 Å². The molecule has 20 nitrogen and oxygen atoms in total. The van der Waals surface area contributed by atoms with Crippen LogP contribution in [0, 0.1) is 90.6 Å².